The number of rotatable bonds is 11. The van der Waals surface area contributed by atoms with Crippen molar-refractivity contribution < 1.29 is 27.9 Å². The van der Waals surface area contributed by atoms with Crippen LogP contribution in [0.15, 0.2) is 36.4 Å². The number of halogens is 3. The number of aliphatic hydroxyl groups excluding tert-OH is 1. The Bertz CT molecular complexity index is 1090. The number of nitrogens with zero attached hydrogens (tertiary/aromatic N) is 1. The van der Waals surface area contributed by atoms with Gasteiger partial charge in [0, 0.05) is 55.7 Å². The van der Waals surface area contributed by atoms with E-state index in [9.17, 15) is 27.9 Å². The van der Waals surface area contributed by atoms with E-state index in [-0.39, 0.29) is 55.3 Å². The fraction of sp³-hybridized carbons (Fsp3) is 0.462. The van der Waals surface area contributed by atoms with Crippen LogP contribution in [0.4, 0.5) is 18.9 Å². The summed E-state index contributed by atoms with van der Waals surface area (Å²) in [5.41, 5.74) is 7.69. The molecule has 0 aliphatic carbocycles. The summed E-state index contributed by atoms with van der Waals surface area (Å²) in [6, 6.07) is 8.06. The smallest absolute Gasteiger partial charge is 0.253 e. The highest BCUT2D eigenvalue weighted by Gasteiger charge is 2.35. The van der Waals surface area contributed by atoms with Gasteiger partial charge in [-0.05, 0) is 48.6 Å². The number of anilines is 1. The van der Waals surface area contributed by atoms with E-state index in [0.29, 0.717) is 18.4 Å². The van der Waals surface area contributed by atoms with Gasteiger partial charge in [0.15, 0.2) is 17.0 Å². The molecule has 7 nitrogen and oxygen atoms in total. The van der Waals surface area contributed by atoms with Crippen molar-refractivity contribution in [1.29, 1.82) is 0 Å². The van der Waals surface area contributed by atoms with Gasteiger partial charge in [0.05, 0.1) is 0 Å². The predicted molar refractivity (Wildman–Crippen MR) is 138 cm³/mol. The molecular weight excluding hydrogens is 505 g/mol. The van der Waals surface area contributed by atoms with Gasteiger partial charge < -0.3 is 26.4 Å². The third kappa shape index (κ3) is 7.86. The number of carbonyl (C=O) groups is 2. The van der Waals surface area contributed by atoms with E-state index in [1.54, 1.807) is 0 Å². The largest absolute Gasteiger partial charge is 0.396 e. The second kappa shape index (κ2) is 13.2. The van der Waals surface area contributed by atoms with Gasteiger partial charge in [0.25, 0.3) is 5.91 Å². The highest BCUT2D eigenvalue weighted by molar-refractivity contribution is 8.00. The molecular formula is C26H33F3N4O3S. The molecule has 1 unspecified atom stereocenters. The number of hydrogen-bond donors (Lipinski definition) is 4. The summed E-state index contributed by atoms with van der Waals surface area (Å²) in [5, 5.41) is 14.8. The first kappa shape index (κ1) is 28.8. The molecule has 11 heteroatoms. The van der Waals surface area contributed by atoms with Gasteiger partial charge >= 0.3 is 0 Å². The van der Waals surface area contributed by atoms with Crippen molar-refractivity contribution in [2.45, 2.75) is 50.7 Å². The molecule has 4 atom stereocenters. The summed E-state index contributed by atoms with van der Waals surface area (Å²) >= 11 is 1.34. The van der Waals surface area contributed by atoms with Crippen molar-refractivity contribution in [3.8, 4) is 0 Å². The van der Waals surface area contributed by atoms with E-state index < -0.39 is 28.9 Å². The molecule has 1 heterocycles. The first-order valence-corrected chi connectivity index (χ1v) is 13.2. The number of aliphatic hydroxyl groups is 1. The number of carbonyl (C=O) groups excluding carboxylic acids is 2. The molecule has 3 rings (SSSR count). The van der Waals surface area contributed by atoms with Crippen LogP contribution in [0, 0.1) is 23.4 Å². The minimum atomic E-state index is -1.29. The zero-order valence-corrected chi connectivity index (χ0v) is 21.7. The van der Waals surface area contributed by atoms with Gasteiger partial charge in [-0.3, -0.25) is 9.59 Å². The fourth-order valence-corrected chi connectivity index (χ4v) is 5.08. The van der Waals surface area contributed by atoms with Crippen LogP contribution >= 0.6 is 11.8 Å². The molecule has 0 aromatic heterocycles. The van der Waals surface area contributed by atoms with Crippen LogP contribution in [0.2, 0.25) is 0 Å². The summed E-state index contributed by atoms with van der Waals surface area (Å²) in [6.45, 7) is 4.70. The molecule has 2 amide bonds. The first-order chi connectivity index (χ1) is 17.6. The Morgan fingerprint density at radius 3 is 2.49 bits per heavy atom. The summed E-state index contributed by atoms with van der Waals surface area (Å²) < 4.78 is 40.5. The topological polar surface area (TPSA) is 108 Å². The maximum absolute atomic E-state index is 13.9. The van der Waals surface area contributed by atoms with Crippen molar-refractivity contribution in [2.24, 2.45) is 11.7 Å². The number of amides is 2. The standard InChI is InChI=1S/C26H33F3N4O3S/c1-15(14-34)16(2)32-20-5-3-17(4-6-20)13-31-25(36)26-33(7-8-37-26)24(35)11-19(30)9-18-10-22(28)23(29)12-21(18)27/h3-6,10,12,15-16,19,26,32,34H,7-9,11,13-14,30H2,1-2H3,(H,31,36)/t15-,16?,19+,26-/m0/s1. The zero-order valence-electron chi connectivity index (χ0n) is 20.8. The predicted octanol–water partition coefficient (Wildman–Crippen LogP) is 3.01. The minimum absolute atomic E-state index is 0.0930. The summed E-state index contributed by atoms with van der Waals surface area (Å²) in [7, 11) is 0. The lowest BCUT2D eigenvalue weighted by atomic mass is 10.0. The van der Waals surface area contributed by atoms with E-state index in [2.05, 4.69) is 10.6 Å². The van der Waals surface area contributed by atoms with Crippen LogP contribution in [0.3, 0.4) is 0 Å². The van der Waals surface area contributed by atoms with E-state index in [4.69, 9.17) is 5.73 Å². The average molecular weight is 539 g/mol. The van der Waals surface area contributed by atoms with Crippen LogP contribution in [-0.4, -0.2) is 58.2 Å². The Hall–Kier alpha value is -2.76. The molecule has 202 valence electrons. The number of hydrogen-bond acceptors (Lipinski definition) is 6. The lowest BCUT2D eigenvalue weighted by Crippen LogP contribution is -2.46. The Morgan fingerprint density at radius 2 is 1.81 bits per heavy atom. The average Bonchev–Trinajstić information content (AvgIpc) is 3.36. The van der Waals surface area contributed by atoms with Gasteiger partial charge in [-0.1, -0.05) is 19.1 Å². The zero-order chi connectivity index (χ0) is 27.1. The highest BCUT2D eigenvalue weighted by atomic mass is 32.2. The summed E-state index contributed by atoms with van der Waals surface area (Å²) in [4.78, 5) is 27.1. The van der Waals surface area contributed by atoms with Gasteiger partial charge in [-0.25, -0.2) is 13.2 Å². The van der Waals surface area contributed by atoms with Crippen LogP contribution in [0.25, 0.3) is 0 Å². The van der Waals surface area contributed by atoms with E-state index >= 15 is 0 Å². The lowest BCUT2D eigenvalue weighted by molar-refractivity contribution is -0.136. The highest BCUT2D eigenvalue weighted by Crippen LogP contribution is 2.25. The summed E-state index contributed by atoms with van der Waals surface area (Å²) in [6.07, 6.45) is -0.306. The maximum Gasteiger partial charge on any atom is 0.253 e. The number of nitrogens with one attached hydrogen (secondary N) is 2. The second-order valence-corrected chi connectivity index (χ2v) is 10.5. The Labute approximate surface area is 219 Å². The SMILES string of the molecule is CC(Nc1ccc(CNC(=O)[C@@H]2SCCN2C(=O)C[C@H](N)Cc2cc(F)c(F)cc2F)cc1)[C@@H](C)CO. The molecule has 0 saturated carbocycles. The van der Waals surface area contributed by atoms with Crippen LogP contribution in [0.1, 0.15) is 31.4 Å². The van der Waals surface area contributed by atoms with Gasteiger partial charge in [0.1, 0.15) is 5.82 Å². The van der Waals surface area contributed by atoms with Crippen molar-refractivity contribution in [3.05, 3.63) is 65.0 Å². The monoisotopic (exact) mass is 538 g/mol. The maximum atomic E-state index is 13.9. The first-order valence-electron chi connectivity index (χ1n) is 12.1. The molecule has 0 radical (unpaired) electrons. The van der Waals surface area contributed by atoms with Gasteiger partial charge in [-0.15, -0.1) is 11.8 Å². The molecule has 2 aromatic rings. The van der Waals surface area contributed by atoms with Crippen molar-refractivity contribution in [3.63, 3.8) is 0 Å². The molecule has 1 saturated heterocycles. The normalized spacial score (nSPS) is 17.8. The molecule has 1 aliphatic heterocycles. The Balaban J connectivity index is 1.51. The molecule has 2 aromatic carbocycles. The quantitative estimate of drug-likeness (QED) is 0.328. The molecule has 0 bridgehead atoms. The Kier molecular flexibility index (Phi) is 10.2. The van der Waals surface area contributed by atoms with Gasteiger partial charge in [0.2, 0.25) is 5.91 Å². The van der Waals surface area contributed by atoms with E-state index in [1.807, 2.05) is 38.1 Å². The second-order valence-electron chi connectivity index (χ2n) is 9.34. The van der Waals surface area contributed by atoms with Crippen molar-refractivity contribution in [1.82, 2.24) is 10.2 Å². The minimum Gasteiger partial charge on any atom is -0.396 e. The van der Waals surface area contributed by atoms with Crippen molar-refractivity contribution >= 4 is 29.3 Å². The number of nitrogens with two attached hydrogens (primary N) is 1. The third-order valence-electron chi connectivity index (χ3n) is 6.40. The van der Waals surface area contributed by atoms with E-state index in [0.717, 1.165) is 17.3 Å². The fourth-order valence-electron chi connectivity index (χ4n) is 3.92. The molecule has 1 fully saturated rings. The third-order valence-corrected chi connectivity index (χ3v) is 7.60. The van der Waals surface area contributed by atoms with Crippen LogP contribution in [-0.2, 0) is 22.6 Å². The van der Waals surface area contributed by atoms with E-state index in [1.165, 1.54) is 16.7 Å². The number of thioether (sulfide) groups is 1. The molecule has 0 spiro atoms. The van der Waals surface area contributed by atoms with Gasteiger partial charge in [-0.2, -0.15) is 0 Å². The van der Waals surface area contributed by atoms with Crippen molar-refractivity contribution in [2.75, 3.05) is 24.2 Å². The summed E-state index contributed by atoms with van der Waals surface area (Å²) in [5.74, 6) is -3.36. The molecule has 5 N–H and O–H groups in total. The number of benzene rings is 2. The molecule has 1 aliphatic rings. The van der Waals surface area contributed by atoms with Crippen LogP contribution in [0.5, 0.6) is 0 Å². The van der Waals surface area contributed by atoms with Crippen LogP contribution < -0.4 is 16.4 Å². The Morgan fingerprint density at radius 1 is 1.14 bits per heavy atom. The lowest BCUT2D eigenvalue weighted by Gasteiger charge is -2.24. The molecule has 37 heavy (non-hydrogen) atoms.